The van der Waals surface area contributed by atoms with Gasteiger partial charge in [-0.1, -0.05) is 6.07 Å². The fourth-order valence-electron chi connectivity index (χ4n) is 2.57. The lowest BCUT2D eigenvalue weighted by atomic mass is 10.1. The summed E-state index contributed by atoms with van der Waals surface area (Å²) in [4.78, 5) is 27.7. The standard InChI is InChI=1S/C19H24N2O3/c1-10(2)24-19(23)16-13(5)17(20-14(16)6)18(22)21-15-8-7-11(3)12(4)9-15/h7-10,20H,1-6H3,(H,21,22). The van der Waals surface area contributed by atoms with E-state index in [1.54, 1.807) is 27.7 Å². The average Bonchev–Trinajstić information content (AvgIpc) is 2.77. The number of ether oxygens (including phenoxy) is 1. The zero-order valence-electron chi connectivity index (χ0n) is 15.0. The Labute approximate surface area is 142 Å². The minimum atomic E-state index is -0.415. The number of hydrogen-bond donors (Lipinski definition) is 2. The van der Waals surface area contributed by atoms with E-state index in [-0.39, 0.29) is 12.0 Å². The number of aromatic amines is 1. The Morgan fingerprint density at radius 2 is 1.75 bits per heavy atom. The van der Waals surface area contributed by atoms with Crippen molar-refractivity contribution in [1.29, 1.82) is 0 Å². The maximum atomic E-state index is 12.5. The van der Waals surface area contributed by atoms with Crippen molar-refractivity contribution in [2.45, 2.75) is 47.6 Å². The van der Waals surface area contributed by atoms with Gasteiger partial charge in [-0.15, -0.1) is 0 Å². The van der Waals surface area contributed by atoms with Gasteiger partial charge in [0.15, 0.2) is 0 Å². The van der Waals surface area contributed by atoms with Crippen LogP contribution in [0.5, 0.6) is 0 Å². The van der Waals surface area contributed by atoms with E-state index < -0.39 is 5.97 Å². The predicted octanol–water partition coefficient (Wildman–Crippen LogP) is 4.07. The van der Waals surface area contributed by atoms with E-state index in [9.17, 15) is 9.59 Å². The van der Waals surface area contributed by atoms with Crippen molar-refractivity contribution in [2.75, 3.05) is 5.32 Å². The van der Waals surface area contributed by atoms with E-state index in [1.807, 2.05) is 32.0 Å². The molecule has 0 aliphatic rings. The SMILES string of the molecule is Cc1ccc(NC(=O)c2[nH]c(C)c(C(=O)OC(C)C)c2C)cc1C. The third kappa shape index (κ3) is 3.67. The van der Waals surface area contributed by atoms with Gasteiger partial charge in [0, 0.05) is 11.4 Å². The van der Waals surface area contributed by atoms with Crippen LogP contribution < -0.4 is 5.32 Å². The number of amides is 1. The largest absolute Gasteiger partial charge is 0.459 e. The van der Waals surface area contributed by atoms with Crippen LogP contribution in [0.15, 0.2) is 18.2 Å². The van der Waals surface area contributed by atoms with Crippen LogP contribution in [0.4, 0.5) is 5.69 Å². The van der Waals surface area contributed by atoms with Crippen LogP contribution in [0.2, 0.25) is 0 Å². The molecule has 2 rings (SSSR count). The third-order valence-electron chi connectivity index (χ3n) is 3.98. The molecule has 1 aromatic heterocycles. The highest BCUT2D eigenvalue weighted by Crippen LogP contribution is 2.21. The maximum Gasteiger partial charge on any atom is 0.340 e. The van der Waals surface area contributed by atoms with E-state index in [0.29, 0.717) is 22.5 Å². The molecule has 5 nitrogen and oxygen atoms in total. The topological polar surface area (TPSA) is 71.2 Å². The second-order valence-corrected chi connectivity index (χ2v) is 6.33. The number of carbonyl (C=O) groups excluding carboxylic acids is 2. The molecule has 0 aliphatic carbocycles. The Balaban J connectivity index is 2.27. The van der Waals surface area contributed by atoms with Crippen LogP contribution in [0.3, 0.4) is 0 Å². The van der Waals surface area contributed by atoms with E-state index in [0.717, 1.165) is 11.3 Å². The molecule has 0 saturated carbocycles. The molecule has 0 bridgehead atoms. The van der Waals surface area contributed by atoms with Crippen molar-refractivity contribution in [2.24, 2.45) is 0 Å². The molecule has 2 N–H and O–H groups in total. The van der Waals surface area contributed by atoms with E-state index in [4.69, 9.17) is 4.74 Å². The smallest absolute Gasteiger partial charge is 0.340 e. The van der Waals surface area contributed by atoms with E-state index in [2.05, 4.69) is 10.3 Å². The minimum absolute atomic E-state index is 0.209. The first-order valence-corrected chi connectivity index (χ1v) is 7.99. The number of nitrogens with one attached hydrogen (secondary N) is 2. The molecule has 24 heavy (non-hydrogen) atoms. The lowest BCUT2D eigenvalue weighted by Crippen LogP contribution is -2.15. The minimum Gasteiger partial charge on any atom is -0.459 e. The fourth-order valence-corrected chi connectivity index (χ4v) is 2.57. The van der Waals surface area contributed by atoms with Crippen molar-refractivity contribution < 1.29 is 14.3 Å². The van der Waals surface area contributed by atoms with E-state index in [1.165, 1.54) is 5.56 Å². The van der Waals surface area contributed by atoms with Crippen LogP contribution >= 0.6 is 0 Å². The number of esters is 1. The molecule has 1 amide bonds. The number of anilines is 1. The first kappa shape index (κ1) is 17.8. The third-order valence-corrected chi connectivity index (χ3v) is 3.98. The van der Waals surface area contributed by atoms with Crippen molar-refractivity contribution in [3.05, 3.63) is 51.8 Å². The molecule has 1 aromatic carbocycles. The molecule has 128 valence electrons. The van der Waals surface area contributed by atoms with Gasteiger partial charge in [0.25, 0.3) is 5.91 Å². The molecule has 0 aliphatic heterocycles. The summed E-state index contributed by atoms with van der Waals surface area (Å²) in [6.07, 6.45) is -0.209. The van der Waals surface area contributed by atoms with Gasteiger partial charge in [0.1, 0.15) is 5.69 Å². The van der Waals surface area contributed by atoms with Gasteiger partial charge in [-0.2, -0.15) is 0 Å². The van der Waals surface area contributed by atoms with Gasteiger partial charge in [-0.3, -0.25) is 4.79 Å². The number of aryl methyl sites for hydroxylation is 3. The van der Waals surface area contributed by atoms with Gasteiger partial charge < -0.3 is 15.0 Å². The zero-order chi connectivity index (χ0) is 18.0. The van der Waals surface area contributed by atoms with Gasteiger partial charge in [-0.25, -0.2) is 4.79 Å². The summed E-state index contributed by atoms with van der Waals surface area (Å²) in [7, 11) is 0. The summed E-state index contributed by atoms with van der Waals surface area (Å²) in [5.74, 6) is -0.691. The summed E-state index contributed by atoms with van der Waals surface area (Å²) in [5, 5.41) is 2.87. The monoisotopic (exact) mass is 328 g/mol. The average molecular weight is 328 g/mol. The number of rotatable bonds is 4. The maximum absolute atomic E-state index is 12.5. The van der Waals surface area contributed by atoms with Crippen molar-refractivity contribution >= 4 is 17.6 Å². The van der Waals surface area contributed by atoms with Crippen LogP contribution in [-0.2, 0) is 4.74 Å². The Morgan fingerprint density at radius 1 is 1.08 bits per heavy atom. The summed E-state index contributed by atoms with van der Waals surface area (Å²) in [6.45, 7) is 11.1. The highest BCUT2D eigenvalue weighted by molar-refractivity contribution is 6.06. The molecular formula is C19H24N2O3. The number of hydrogen-bond acceptors (Lipinski definition) is 3. The summed E-state index contributed by atoms with van der Waals surface area (Å²) in [6, 6.07) is 5.74. The second kappa shape index (κ2) is 6.91. The van der Waals surface area contributed by atoms with Crippen LogP contribution in [0, 0.1) is 27.7 Å². The molecule has 2 aromatic rings. The predicted molar refractivity (Wildman–Crippen MR) is 94.7 cm³/mol. The Bertz CT molecular complexity index is 788. The van der Waals surface area contributed by atoms with Crippen LogP contribution in [-0.4, -0.2) is 23.0 Å². The second-order valence-electron chi connectivity index (χ2n) is 6.33. The fraction of sp³-hybridized carbons (Fsp3) is 0.368. The van der Waals surface area contributed by atoms with Crippen molar-refractivity contribution in [1.82, 2.24) is 4.98 Å². The summed E-state index contributed by atoms with van der Waals surface area (Å²) < 4.78 is 5.25. The Hall–Kier alpha value is -2.56. The Morgan fingerprint density at radius 3 is 2.33 bits per heavy atom. The Kier molecular flexibility index (Phi) is 5.12. The van der Waals surface area contributed by atoms with Crippen LogP contribution in [0.25, 0.3) is 0 Å². The van der Waals surface area contributed by atoms with E-state index >= 15 is 0 Å². The number of benzene rings is 1. The lowest BCUT2D eigenvalue weighted by molar-refractivity contribution is 0.0376. The first-order valence-electron chi connectivity index (χ1n) is 7.99. The molecule has 0 radical (unpaired) electrons. The molecule has 1 heterocycles. The molecular weight excluding hydrogens is 304 g/mol. The molecule has 0 saturated heterocycles. The number of aromatic nitrogens is 1. The lowest BCUT2D eigenvalue weighted by Gasteiger charge is -2.09. The van der Waals surface area contributed by atoms with Crippen molar-refractivity contribution in [3.63, 3.8) is 0 Å². The quantitative estimate of drug-likeness (QED) is 0.831. The highest BCUT2D eigenvalue weighted by Gasteiger charge is 2.23. The molecule has 0 atom stereocenters. The van der Waals surface area contributed by atoms with Gasteiger partial charge in [-0.05, 0) is 70.4 Å². The number of carbonyl (C=O) groups is 2. The van der Waals surface area contributed by atoms with Crippen molar-refractivity contribution in [3.8, 4) is 0 Å². The zero-order valence-corrected chi connectivity index (χ0v) is 15.0. The van der Waals surface area contributed by atoms with Crippen LogP contribution in [0.1, 0.15) is 57.1 Å². The number of H-pyrrole nitrogens is 1. The highest BCUT2D eigenvalue weighted by atomic mass is 16.5. The normalized spacial score (nSPS) is 10.8. The molecule has 0 unspecified atom stereocenters. The first-order chi connectivity index (χ1) is 11.2. The summed E-state index contributed by atoms with van der Waals surface area (Å²) >= 11 is 0. The molecule has 0 spiro atoms. The summed E-state index contributed by atoms with van der Waals surface area (Å²) in [5.41, 5.74) is 5.02. The molecule has 5 heteroatoms. The van der Waals surface area contributed by atoms with Gasteiger partial charge in [0.2, 0.25) is 0 Å². The van der Waals surface area contributed by atoms with Gasteiger partial charge >= 0.3 is 5.97 Å². The van der Waals surface area contributed by atoms with Gasteiger partial charge in [0.05, 0.1) is 11.7 Å². The molecule has 0 fully saturated rings.